The fourth-order valence-electron chi connectivity index (χ4n) is 5.30. The molecule has 0 saturated heterocycles. The molecule has 0 saturated carbocycles. The summed E-state index contributed by atoms with van der Waals surface area (Å²) in [4.78, 5) is 13.9. The highest BCUT2D eigenvalue weighted by Crippen LogP contribution is 2.42. The van der Waals surface area contributed by atoms with Crippen molar-refractivity contribution in [3.63, 3.8) is 0 Å². The van der Waals surface area contributed by atoms with Gasteiger partial charge in [-0.3, -0.25) is 5.43 Å². The van der Waals surface area contributed by atoms with Gasteiger partial charge in [0.2, 0.25) is 0 Å². The van der Waals surface area contributed by atoms with Crippen molar-refractivity contribution in [2.45, 2.75) is 51.4 Å². The number of aryl methyl sites for hydroxylation is 3. The van der Waals surface area contributed by atoms with E-state index in [1.165, 1.54) is 41.0 Å². The monoisotopic (exact) mass is 419 g/mol. The van der Waals surface area contributed by atoms with Crippen LogP contribution < -0.4 is 10.3 Å². The molecule has 4 heterocycles. The number of phenols is 1. The predicted octanol–water partition coefficient (Wildman–Crippen LogP) is 4.42. The summed E-state index contributed by atoms with van der Waals surface area (Å²) >= 11 is 1.79. The molecule has 2 N–H and O–H groups in total. The maximum absolute atomic E-state index is 10.9. The summed E-state index contributed by atoms with van der Waals surface area (Å²) in [6.07, 6.45) is 12.3. The fourth-order valence-corrected chi connectivity index (χ4v) is 6.53. The first-order valence-corrected chi connectivity index (χ1v) is 11.8. The number of fused-ring (bicyclic) bond motifs is 3. The molecule has 1 aliphatic carbocycles. The van der Waals surface area contributed by atoms with Crippen molar-refractivity contribution in [2.24, 2.45) is 5.10 Å². The van der Waals surface area contributed by atoms with Crippen molar-refractivity contribution in [1.29, 1.82) is 0 Å². The molecule has 30 heavy (non-hydrogen) atoms. The lowest BCUT2D eigenvalue weighted by Gasteiger charge is -2.37. The van der Waals surface area contributed by atoms with E-state index < -0.39 is 0 Å². The maximum Gasteiger partial charge on any atom is 0.158 e. The molecule has 0 fully saturated rings. The van der Waals surface area contributed by atoms with Gasteiger partial charge in [0.15, 0.2) is 5.82 Å². The first-order valence-electron chi connectivity index (χ1n) is 11.0. The van der Waals surface area contributed by atoms with Gasteiger partial charge in [0, 0.05) is 34.8 Å². The number of anilines is 2. The van der Waals surface area contributed by atoms with E-state index in [0.717, 1.165) is 72.4 Å². The molecule has 0 unspecified atom stereocenters. The highest BCUT2D eigenvalue weighted by Gasteiger charge is 2.27. The Morgan fingerprint density at radius 2 is 1.87 bits per heavy atom. The number of hydrogen-bond donors (Lipinski definition) is 2. The van der Waals surface area contributed by atoms with Crippen LogP contribution in [0.4, 0.5) is 11.5 Å². The number of aromatic nitrogens is 2. The molecule has 6 rings (SSSR count). The van der Waals surface area contributed by atoms with Crippen LogP contribution in [0.5, 0.6) is 5.75 Å². The van der Waals surface area contributed by atoms with Crippen LogP contribution in [0.25, 0.3) is 10.2 Å². The Balaban J connectivity index is 1.34. The van der Waals surface area contributed by atoms with Crippen molar-refractivity contribution < 1.29 is 5.11 Å². The Morgan fingerprint density at radius 1 is 1.03 bits per heavy atom. The number of benzene rings is 1. The van der Waals surface area contributed by atoms with Crippen molar-refractivity contribution in [3.8, 4) is 5.75 Å². The van der Waals surface area contributed by atoms with Gasteiger partial charge in [-0.25, -0.2) is 9.97 Å². The van der Waals surface area contributed by atoms with Gasteiger partial charge < -0.3 is 10.0 Å². The second kappa shape index (κ2) is 7.23. The molecule has 1 aromatic carbocycles. The van der Waals surface area contributed by atoms with E-state index in [2.05, 4.69) is 31.5 Å². The summed E-state index contributed by atoms with van der Waals surface area (Å²) in [7, 11) is 0. The summed E-state index contributed by atoms with van der Waals surface area (Å²) in [5, 5.41) is 16.5. The second-order valence-electron chi connectivity index (χ2n) is 8.48. The summed E-state index contributed by atoms with van der Waals surface area (Å²) < 4.78 is 0. The normalized spacial score (nSPS) is 17.9. The third-order valence-electron chi connectivity index (χ3n) is 6.65. The molecular formula is C23H25N5OS. The second-order valence-corrected chi connectivity index (χ2v) is 9.56. The van der Waals surface area contributed by atoms with Gasteiger partial charge in [-0.15, -0.1) is 11.3 Å². The lowest BCUT2D eigenvalue weighted by molar-refractivity contribution is 0.461. The van der Waals surface area contributed by atoms with Gasteiger partial charge in [0.25, 0.3) is 0 Å². The Labute approximate surface area is 179 Å². The van der Waals surface area contributed by atoms with Crippen LogP contribution in [0.1, 0.15) is 52.8 Å². The smallest absolute Gasteiger partial charge is 0.158 e. The SMILES string of the molecule is Oc1c(C=NNc2ncnc3sc4c(c23)CCCC4)cc2c3c1CCCN3CCC2. The highest BCUT2D eigenvalue weighted by atomic mass is 32.1. The quantitative estimate of drug-likeness (QED) is 0.486. The predicted molar refractivity (Wildman–Crippen MR) is 122 cm³/mol. The molecule has 7 heteroatoms. The molecule has 0 bridgehead atoms. The zero-order valence-corrected chi connectivity index (χ0v) is 17.8. The third-order valence-corrected chi connectivity index (χ3v) is 7.85. The van der Waals surface area contributed by atoms with Gasteiger partial charge in [-0.1, -0.05) is 0 Å². The molecule has 3 aliphatic rings. The number of hydrazone groups is 1. The number of nitrogens with zero attached hydrogens (tertiary/aromatic N) is 4. The zero-order chi connectivity index (χ0) is 20.1. The van der Waals surface area contributed by atoms with E-state index in [0.29, 0.717) is 5.75 Å². The molecule has 0 spiro atoms. The van der Waals surface area contributed by atoms with Crippen LogP contribution in [-0.4, -0.2) is 34.4 Å². The van der Waals surface area contributed by atoms with E-state index in [1.54, 1.807) is 23.9 Å². The third kappa shape index (κ3) is 2.87. The fraction of sp³-hybridized carbons (Fsp3) is 0.435. The zero-order valence-electron chi connectivity index (χ0n) is 16.9. The number of thiophene rings is 1. The molecule has 154 valence electrons. The minimum atomic E-state index is 0.381. The van der Waals surface area contributed by atoms with E-state index in [4.69, 9.17) is 0 Å². The Hall–Kier alpha value is -2.67. The molecule has 3 aromatic rings. The van der Waals surface area contributed by atoms with Crippen molar-refractivity contribution in [3.05, 3.63) is 39.5 Å². The van der Waals surface area contributed by atoms with E-state index >= 15 is 0 Å². The molecule has 0 atom stereocenters. The standard InChI is InChI=1S/C23H25N5OS/c29-21-15(11-14-5-3-9-28-10-4-7-17(21)20(14)28)12-26-27-22-19-16-6-1-2-8-18(16)30-23(19)25-13-24-22/h11-13,29H,1-10H2,(H,24,25,27). The van der Waals surface area contributed by atoms with Gasteiger partial charge in [-0.2, -0.15) is 5.10 Å². The maximum atomic E-state index is 10.9. The summed E-state index contributed by atoms with van der Waals surface area (Å²) in [6.45, 7) is 2.20. The van der Waals surface area contributed by atoms with Gasteiger partial charge >= 0.3 is 0 Å². The number of rotatable bonds is 3. The van der Waals surface area contributed by atoms with Gasteiger partial charge in [-0.05, 0) is 68.6 Å². The van der Waals surface area contributed by atoms with Crippen LogP contribution in [0.2, 0.25) is 0 Å². The molecular weight excluding hydrogens is 394 g/mol. The van der Waals surface area contributed by atoms with Crippen molar-refractivity contribution in [2.75, 3.05) is 23.4 Å². The minimum Gasteiger partial charge on any atom is -0.507 e. The molecule has 6 nitrogen and oxygen atoms in total. The van der Waals surface area contributed by atoms with Gasteiger partial charge in [0.1, 0.15) is 16.9 Å². The highest BCUT2D eigenvalue weighted by molar-refractivity contribution is 7.19. The molecule has 2 aliphatic heterocycles. The van der Waals surface area contributed by atoms with Crippen LogP contribution in [0.3, 0.4) is 0 Å². The summed E-state index contributed by atoms with van der Waals surface area (Å²) in [5.41, 5.74) is 9.03. The Kier molecular flexibility index (Phi) is 4.37. The van der Waals surface area contributed by atoms with Crippen molar-refractivity contribution in [1.82, 2.24) is 9.97 Å². The van der Waals surface area contributed by atoms with E-state index in [1.807, 2.05) is 0 Å². The van der Waals surface area contributed by atoms with E-state index in [-0.39, 0.29) is 0 Å². The topological polar surface area (TPSA) is 73.6 Å². The number of phenolic OH excluding ortho intramolecular Hbond substituents is 1. The summed E-state index contributed by atoms with van der Waals surface area (Å²) in [5.74, 6) is 1.15. The first-order chi connectivity index (χ1) is 14.8. The van der Waals surface area contributed by atoms with Gasteiger partial charge in [0.05, 0.1) is 11.6 Å². The van der Waals surface area contributed by atoms with Crippen LogP contribution in [0.15, 0.2) is 17.5 Å². The van der Waals surface area contributed by atoms with Crippen LogP contribution >= 0.6 is 11.3 Å². The lowest BCUT2D eigenvalue weighted by Crippen LogP contribution is -2.34. The minimum absolute atomic E-state index is 0.381. The largest absolute Gasteiger partial charge is 0.507 e. The Morgan fingerprint density at radius 3 is 2.80 bits per heavy atom. The van der Waals surface area contributed by atoms with E-state index in [9.17, 15) is 5.11 Å². The van der Waals surface area contributed by atoms with Crippen molar-refractivity contribution >= 4 is 39.3 Å². The molecule has 0 amide bonds. The average Bonchev–Trinajstić information content (AvgIpc) is 3.16. The average molecular weight is 420 g/mol. The lowest BCUT2D eigenvalue weighted by atomic mass is 9.89. The number of aromatic hydroxyl groups is 1. The van der Waals surface area contributed by atoms with Crippen LogP contribution in [0, 0.1) is 0 Å². The molecule has 2 aromatic heterocycles. The Bertz CT molecular complexity index is 1170. The number of nitrogens with one attached hydrogen (secondary N) is 1. The van der Waals surface area contributed by atoms with Crippen LogP contribution in [-0.2, 0) is 25.7 Å². The molecule has 0 radical (unpaired) electrons. The first kappa shape index (κ1) is 18.1. The number of hydrogen-bond acceptors (Lipinski definition) is 7. The summed E-state index contributed by atoms with van der Waals surface area (Å²) in [6, 6.07) is 2.11.